The first-order valence-corrected chi connectivity index (χ1v) is 7.49. The maximum Gasteiger partial charge on any atom is 0.335 e. The number of hydrogen-bond donors (Lipinski definition) is 1. The molecule has 1 saturated heterocycles. The normalized spacial score (nSPS) is 16.5. The molecule has 0 aliphatic carbocycles. The average Bonchev–Trinajstić information content (AvgIpc) is 2.48. The maximum absolute atomic E-state index is 11.1. The van der Waals surface area contributed by atoms with Crippen LogP contribution in [-0.2, 0) is 6.54 Å². The van der Waals surface area contributed by atoms with Crippen molar-refractivity contribution in [3.63, 3.8) is 0 Å². The van der Waals surface area contributed by atoms with Gasteiger partial charge >= 0.3 is 5.97 Å². The molecule has 120 valence electrons. The highest BCUT2D eigenvalue weighted by Crippen LogP contribution is 2.22. The fourth-order valence-corrected chi connectivity index (χ4v) is 2.76. The van der Waals surface area contributed by atoms with Crippen LogP contribution in [0.4, 0.5) is 0 Å². The van der Waals surface area contributed by atoms with Crippen molar-refractivity contribution >= 4 is 5.97 Å². The fourth-order valence-electron chi connectivity index (χ4n) is 2.76. The van der Waals surface area contributed by atoms with Gasteiger partial charge in [-0.1, -0.05) is 12.2 Å². The highest BCUT2D eigenvalue weighted by atomic mass is 16.5. The fraction of sp³-hybridized carbons (Fsp3) is 0.471. The van der Waals surface area contributed by atoms with E-state index in [9.17, 15) is 4.79 Å². The van der Waals surface area contributed by atoms with Crippen molar-refractivity contribution in [3.8, 4) is 5.75 Å². The lowest BCUT2D eigenvalue weighted by molar-refractivity contribution is 0.0696. The second-order valence-corrected chi connectivity index (χ2v) is 5.84. The first kappa shape index (κ1) is 16.5. The van der Waals surface area contributed by atoms with E-state index in [1.165, 1.54) is 5.57 Å². The van der Waals surface area contributed by atoms with Gasteiger partial charge in [-0.15, -0.1) is 0 Å². The van der Waals surface area contributed by atoms with Crippen LogP contribution in [0, 0.1) is 0 Å². The smallest absolute Gasteiger partial charge is 0.335 e. The van der Waals surface area contributed by atoms with Gasteiger partial charge in [0.15, 0.2) is 0 Å². The zero-order chi connectivity index (χ0) is 16.1. The molecule has 1 N–H and O–H groups in total. The van der Waals surface area contributed by atoms with Crippen molar-refractivity contribution in [1.82, 2.24) is 9.80 Å². The molecule has 1 aromatic carbocycles. The second kappa shape index (κ2) is 7.42. The van der Waals surface area contributed by atoms with E-state index in [-0.39, 0.29) is 0 Å². The van der Waals surface area contributed by atoms with Crippen LogP contribution in [0.2, 0.25) is 0 Å². The average molecular weight is 304 g/mol. The molecule has 22 heavy (non-hydrogen) atoms. The van der Waals surface area contributed by atoms with Crippen LogP contribution in [0.15, 0.2) is 30.4 Å². The number of piperazine rings is 1. The first-order chi connectivity index (χ1) is 10.5. The molecule has 5 nitrogen and oxygen atoms in total. The van der Waals surface area contributed by atoms with Gasteiger partial charge in [0.05, 0.1) is 12.7 Å². The maximum atomic E-state index is 11.1. The van der Waals surface area contributed by atoms with E-state index in [0.717, 1.165) is 44.0 Å². The van der Waals surface area contributed by atoms with Crippen molar-refractivity contribution in [2.45, 2.75) is 13.5 Å². The topological polar surface area (TPSA) is 53.0 Å². The van der Waals surface area contributed by atoms with Gasteiger partial charge in [0.1, 0.15) is 5.75 Å². The Bertz CT molecular complexity index is 549. The summed E-state index contributed by atoms with van der Waals surface area (Å²) in [5, 5.41) is 9.13. The van der Waals surface area contributed by atoms with Crippen LogP contribution >= 0.6 is 0 Å². The molecule has 0 spiro atoms. The Balaban J connectivity index is 2.00. The minimum atomic E-state index is -0.907. The largest absolute Gasteiger partial charge is 0.496 e. The third-order valence-electron chi connectivity index (χ3n) is 3.88. The summed E-state index contributed by atoms with van der Waals surface area (Å²) in [7, 11) is 1.62. The molecule has 0 aromatic heterocycles. The van der Waals surface area contributed by atoms with Gasteiger partial charge in [0, 0.05) is 44.8 Å². The monoisotopic (exact) mass is 304 g/mol. The summed E-state index contributed by atoms with van der Waals surface area (Å²) in [5.41, 5.74) is 2.41. The molecule has 1 aliphatic heterocycles. The van der Waals surface area contributed by atoms with Gasteiger partial charge in [-0.2, -0.15) is 0 Å². The molecule has 0 unspecified atom stereocenters. The zero-order valence-electron chi connectivity index (χ0n) is 13.3. The predicted molar refractivity (Wildman–Crippen MR) is 86.5 cm³/mol. The Labute approximate surface area is 131 Å². The Morgan fingerprint density at radius 2 is 1.91 bits per heavy atom. The Hall–Kier alpha value is -1.85. The zero-order valence-corrected chi connectivity index (χ0v) is 13.3. The Morgan fingerprint density at radius 1 is 1.27 bits per heavy atom. The van der Waals surface area contributed by atoms with Gasteiger partial charge in [-0.3, -0.25) is 9.80 Å². The number of carboxylic acid groups (broad SMARTS) is 1. The van der Waals surface area contributed by atoms with Crippen molar-refractivity contribution in [2.24, 2.45) is 0 Å². The molecule has 1 aliphatic rings. The number of hydrogen-bond acceptors (Lipinski definition) is 4. The molecule has 5 heteroatoms. The van der Waals surface area contributed by atoms with Gasteiger partial charge in [-0.25, -0.2) is 4.79 Å². The lowest BCUT2D eigenvalue weighted by Crippen LogP contribution is -2.46. The number of aromatic carboxylic acids is 1. The number of benzene rings is 1. The molecule has 0 bridgehead atoms. The third kappa shape index (κ3) is 4.32. The molecule has 0 atom stereocenters. The third-order valence-corrected chi connectivity index (χ3v) is 3.88. The molecule has 0 radical (unpaired) electrons. The SMILES string of the molecule is C=C(C)CN1CCN(Cc2cc(C(=O)O)ccc2OC)CC1. The quantitative estimate of drug-likeness (QED) is 0.816. The van der Waals surface area contributed by atoms with Crippen LogP contribution in [0.1, 0.15) is 22.8 Å². The number of carbonyl (C=O) groups is 1. The van der Waals surface area contributed by atoms with Gasteiger partial charge in [-0.05, 0) is 25.1 Å². The van der Waals surface area contributed by atoms with Crippen LogP contribution in [0.3, 0.4) is 0 Å². The minimum absolute atomic E-state index is 0.303. The summed E-state index contributed by atoms with van der Waals surface area (Å²) in [4.78, 5) is 15.8. The molecule has 1 heterocycles. The Morgan fingerprint density at radius 3 is 2.45 bits per heavy atom. The van der Waals surface area contributed by atoms with Crippen molar-refractivity contribution in [2.75, 3.05) is 39.8 Å². The summed E-state index contributed by atoms with van der Waals surface area (Å²) in [5.74, 6) is -0.162. The van der Waals surface area contributed by atoms with E-state index < -0.39 is 5.97 Å². The number of methoxy groups -OCH3 is 1. The number of rotatable bonds is 6. The van der Waals surface area contributed by atoms with E-state index in [0.29, 0.717) is 12.1 Å². The van der Waals surface area contributed by atoms with E-state index in [1.807, 2.05) is 0 Å². The highest BCUT2D eigenvalue weighted by molar-refractivity contribution is 5.88. The lowest BCUT2D eigenvalue weighted by atomic mass is 10.1. The molecule has 0 amide bonds. The molecule has 1 aromatic rings. The molecule has 2 rings (SSSR count). The van der Waals surface area contributed by atoms with Crippen molar-refractivity contribution in [1.29, 1.82) is 0 Å². The molecular weight excluding hydrogens is 280 g/mol. The van der Waals surface area contributed by atoms with Crippen molar-refractivity contribution < 1.29 is 14.6 Å². The predicted octanol–water partition coefficient (Wildman–Crippen LogP) is 2.09. The van der Waals surface area contributed by atoms with E-state index >= 15 is 0 Å². The molecular formula is C17H24N2O3. The highest BCUT2D eigenvalue weighted by Gasteiger charge is 2.18. The van der Waals surface area contributed by atoms with Crippen molar-refractivity contribution in [3.05, 3.63) is 41.5 Å². The minimum Gasteiger partial charge on any atom is -0.496 e. The first-order valence-electron chi connectivity index (χ1n) is 7.49. The van der Waals surface area contributed by atoms with E-state index in [4.69, 9.17) is 9.84 Å². The summed E-state index contributed by atoms with van der Waals surface area (Å²) in [6, 6.07) is 5.02. The molecule has 0 saturated carbocycles. The number of ether oxygens (including phenoxy) is 1. The Kier molecular flexibility index (Phi) is 5.57. The summed E-state index contributed by atoms with van der Waals surface area (Å²) in [6.07, 6.45) is 0. The standard InChI is InChI=1S/C17H24N2O3/c1-13(2)11-18-6-8-19(9-7-18)12-15-10-14(17(20)21)4-5-16(15)22-3/h4-5,10H,1,6-9,11-12H2,2-3H3,(H,20,21). The summed E-state index contributed by atoms with van der Waals surface area (Å²) in [6.45, 7) is 11.6. The second-order valence-electron chi connectivity index (χ2n) is 5.84. The van der Waals surface area contributed by atoms with Gasteiger partial charge < -0.3 is 9.84 Å². The van der Waals surface area contributed by atoms with Crippen LogP contribution in [-0.4, -0.2) is 60.7 Å². The number of carboxylic acids is 1. The summed E-state index contributed by atoms with van der Waals surface area (Å²) >= 11 is 0. The van der Waals surface area contributed by atoms with Gasteiger partial charge in [0.2, 0.25) is 0 Å². The van der Waals surface area contributed by atoms with E-state index in [2.05, 4.69) is 23.3 Å². The van der Waals surface area contributed by atoms with Crippen LogP contribution in [0.25, 0.3) is 0 Å². The number of nitrogens with zero attached hydrogens (tertiary/aromatic N) is 2. The van der Waals surface area contributed by atoms with Gasteiger partial charge in [0.25, 0.3) is 0 Å². The van der Waals surface area contributed by atoms with Crippen LogP contribution in [0.5, 0.6) is 5.75 Å². The summed E-state index contributed by atoms with van der Waals surface area (Å²) < 4.78 is 5.35. The lowest BCUT2D eigenvalue weighted by Gasteiger charge is -2.35. The van der Waals surface area contributed by atoms with E-state index in [1.54, 1.807) is 25.3 Å². The molecule has 1 fully saturated rings. The van der Waals surface area contributed by atoms with Crippen LogP contribution < -0.4 is 4.74 Å².